The molecule has 132 valence electrons. The molecule has 27 heavy (non-hydrogen) atoms. The van der Waals surface area contributed by atoms with Gasteiger partial charge in [0.2, 0.25) is 0 Å². The second-order valence-electron chi connectivity index (χ2n) is 6.12. The fourth-order valence-corrected chi connectivity index (χ4v) is 3.15. The van der Waals surface area contributed by atoms with Crippen LogP contribution in [0.3, 0.4) is 0 Å². The van der Waals surface area contributed by atoms with Crippen LogP contribution in [0.2, 0.25) is 0 Å². The summed E-state index contributed by atoms with van der Waals surface area (Å²) >= 11 is 0. The highest BCUT2D eigenvalue weighted by atomic mass is 19.1. The molecule has 2 aromatic carbocycles. The van der Waals surface area contributed by atoms with Crippen LogP contribution in [0.5, 0.6) is 0 Å². The van der Waals surface area contributed by atoms with Gasteiger partial charge in [0.05, 0.1) is 23.0 Å². The van der Waals surface area contributed by atoms with Crippen molar-refractivity contribution in [1.82, 2.24) is 29.7 Å². The molecular weight excluding hydrogens is 350 g/mol. The lowest BCUT2D eigenvalue weighted by Crippen LogP contribution is -2.02. The number of para-hydroxylation sites is 1. The zero-order chi connectivity index (χ0) is 18.5. The van der Waals surface area contributed by atoms with Crippen LogP contribution in [-0.4, -0.2) is 29.7 Å². The number of nitrogens with zero attached hydrogens (tertiary/aromatic N) is 5. The molecule has 5 rings (SSSR count). The van der Waals surface area contributed by atoms with Crippen LogP contribution in [-0.2, 0) is 0 Å². The molecule has 0 spiro atoms. The zero-order valence-corrected chi connectivity index (χ0v) is 14.1. The number of imidazole rings is 1. The third-order valence-corrected chi connectivity index (χ3v) is 4.32. The third-order valence-electron chi connectivity index (χ3n) is 4.32. The summed E-state index contributed by atoms with van der Waals surface area (Å²) in [4.78, 5) is 16.3. The predicted molar refractivity (Wildman–Crippen MR) is 96.4 cm³/mol. The van der Waals surface area contributed by atoms with E-state index in [2.05, 4.69) is 25.0 Å². The Morgan fingerprint density at radius 3 is 2.81 bits per heavy atom. The molecule has 0 fully saturated rings. The monoisotopic (exact) mass is 362 g/mol. The van der Waals surface area contributed by atoms with Gasteiger partial charge in [0.25, 0.3) is 0 Å². The molecular formula is C19H12F2N6. The quantitative estimate of drug-likeness (QED) is 0.516. The van der Waals surface area contributed by atoms with Crippen LogP contribution in [0.25, 0.3) is 39.1 Å². The second kappa shape index (κ2) is 5.66. The largest absolute Gasteiger partial charge is 0.345 e. The Bertz CT molecular complexity index is 1320. The highest BCUT2D eigenvalue weighted by molar-refractivity contribution is 5.85. The molecule has 3 aromatic heterocycles. The molecule has 5 aromatic rings. The van der Waals surface area contributed by atoms with Gasteiger partial charge in [-0.3, -0.25) is 0 Å². The average molecular weight is 362 g/mol. The Morgan fingerprint density at radius 1 is 1.04 bits per heavy atom. The van der Waals surface area contributed by atoms with Crippen molar-refractivity contribution >= 4 is 21.9 Å². The maximum absolute atomic E-state index is 13.9. The molecule has 3 heterocycles. The molecule has 0 saturated carbocycles. The minimum absolute atomic E-state index is 0.218. The Morgan fingerprint density at radius 2 is 1.93 bits per heavy atom. The van der Waals surface area contributed by atoms with Crippen LogP contribution >= 0.6 is 0 Å². The number of aryl methyl sites for hydroxylation is 1. The summed E-state index contributed by atoms with van der Waals surface area (Å²) in [6.07, 6.45) is 1.61. The minimum Gasteiger partial charge on any atom is -0.345 e. The van der Waals surface area contributed by atoms with Crippen LogP contribution in [0, 0.1) is 18.6 Å². The van der Waals surface area contributed by atoms with Gasteiger partial charge in [-0.2, -0.15) is 5.10 Å². The van der Waals surface area contributed by atoms with Gasteiger partial charge >= 0.3 is 0 Å². The Labute approximate surface area is 151 Å². The number of aromatic nitrogens is 6. The normalized spacial score (nSPS) is 11.5. The highest BCUT2D eigenvalue weighted by Gasteiger charge is 2.17. The summed E-state index contributed by atoms with van der Waals surface area (Å²) in [6, 6.07) is 10.9. The number of pyridine rings is 1. The van der Waals surface area contributed by atoms with Crippen molar-refractivity contribution in [2.24, 2.45) is 0 Å². The first-order valence-electron chi connectivity index (χ1n) is 8.22. The number of fused-ring (bicyclic) bond motifs is 2. The van der Waals surface area contributed by atoms with Gasteiger partial charge in [-0.05, 0) is 31.2 Å². The SMILES string of the molecule is Cc1nc(-c2ccc3c(F)cc(F)cc3n2)n(-c2cccc3[nH]cnc23)n1. The number of rotatable bonds is 2. The number of aromatic amines is 1. The fourth-order valence-electron chi connectivity index (χ4n) is 3.15. The van der Waals surface area contributed by atoms with E-state index >= 15 is 0 Å². The summed E-state index contributed by atoms with van der Waals surface area (Å²) in [6.45, 7) is 1.77. The molecule has 1 N–H and O–H groups in total. The Hall–Kier alpha value is -3.68. The predicted octanol–water partition coefficient (Wildman–Crippen LogP) is 3.95. The van der Waals surface area contributed by atoms with E-state index in [1.165, 1.54) is 6.07 Å². The molecule has 0 bridgehead atoms. The summed E-state index contributed by atoms with van der Waals surface area (Å²) in [5.74, 6) is -0.314. The molecule has 6 nitrogen and oxygen atoms in total. The Balaban J connectivity index is 1.75. The van der Waals surface area contributed by atoms with E-state index in [4.69, 9.17) is 0 Å². The lowest BCUT2D eigenvalue weighted by Gasteiger charge is -2.07. The molecule has 0 aliphatic heterocycles. The molecule has 8 heteroatoms. The molecule has 0 radical (unpaired) electrons. The number of nitrogens with one attached hydrogen (secondary N) is 1. The van der Waals surface area contributed by atoms with E-state index in [0.717, 1.165) is 22.8 Å². The van der Waals surface area contributed by atoms with Crippen molar-refractivity contribution in [3.05, 3.63) is 66.3 Å². The number of hydrogen-bond acceptors (Lipinski definition) is 4. The van der Waals surface area contributed by atoms with Crippen LogP contribution < -0.4 is 0 Å². The van der Waals surface area contributed by atoms with Crippen LogP contribution in [0.4, 0.5) is 8.78 Å². The van der Waals surface area contributed by atoms with Gasteiger partial charge < -0.3 is 4.98 Å². The zero-order valence-electron chi connectivity index (χ0n) is 14.1. The van der Waals surface area contributed by atoms with Crippen LogP contribution in [0.1, 0.15) is 5.82 Å². The van der Waals surface area contributed by atoms with Gasteiger partial charge in [-0.15, -0.1) is 0 Å². The van der Waals surface area contributed by atoms with Crippen molar-refractivity contribution < 1.29 is 8.78 Å². The van der Waals surface area contributed by atoms with Crippen molar-refractivity contribution in [1.29, 1.82) is 0 Å². The lowest BCUT2D eigenvalue weighted by molar-refractivity contribution is 0.591. The molecule has 0 amide bonds. The van der Waals surface area contributed by atoms with E-state index in [-0.39, 0.29) is 10.9 Å². The number of benzene rings is 2. The summed E-state index contributed by atoms with van der Waals surface area (Å²) < 4.78 is 29.2. The smallest absolute Gasteiger partial charge is 0.181 e. The highest BCUT2D eigenvalue weighted by Crippen LogP contribution is 2.26. The summed E-state index contributed by atoms with van der Waals surface area (Å²) in [5.41, 5.74) is 3.01. The average Bonchev–Trinajstić information content (AvgIpc) is 3.27. The minimum atomic E-state index is -0.677. The molecule has 0 atom stereocenters. The Kier molecular flexibility index (Phi) is 3.27. The topological polar surface area (TPSA) is 72.3 Å². The van der Waals surface area contributed by atoms with Gasteiger partial charge in [0, 0.05) is 17.5 Å². The lowest BCUT2D eigenvalue weighted by atomic mass is 10.2. The number of halogens is 2. The van der Waals surface area contributed by atoms with E-state index in [1.54, 1.807) is 30.1 Å². The van der Waals surface area contributed by atoms with Crippen LogP contribution in [0.15, 0.2) is 48.8 Å². The van der Waals surface area contributed by atoms with E-state index < -0.39 is 11.6 Å². The fraction of sp³-hybridized carbons (Fsp3) is 0.0526. The van der Waals surface area contributed by atoms with Crippen molar-refractivity contribution in [2.45, 2.75) is 6.92 Å². The van der Waals surface area contributed by atoms with Crippen molar-refractivity contribution in [3.8, 4) is 17.2 Å². The van der Waals surface area contributed by atoms with Gasteiger partial charge in [0.1, 0.15) is 28.7 Å². The van der Waals surface area contributed by atoms with Gasteiger partial charge in [0.15, 0.2) is 5.82 Å². The van der Waals surface area contributed by atoms with Gasteiger partial charge in [-0.25, -0.2) is 28.4 Å². The molecule has 0 saturated heterocycles. The maximum atomic E-state index is 13.9. The van der Waals surface area contributed by atoms with E-state index in [1.807, 2.05) is 18.2 Å². The summed E-state index contributed by atoms with van der Waals surface area (Å²) in [5, 5.41) is 4.71. The van der Waals surface area contributed by atoms with Crippen molar-refractivity contribution in [3.63, 3.8) is 0 Å². The van der Waals surface area contributed by atoms with E-state index in [9.17, 15) is 8.78 Å². The summed E-state index contributed by atoms with van der Waals surface area (Å²) in [7, 11) is 0. The van der Waals surface area contributed by atoms with E-state index in [0.29, 0.717) is 17.3 Å². The molecule has 0 unspecified atom stereocenters. The standard InChI is InChI=1S/C19H12F2N6/c1-10-24-19(15-6-5-12-13(21)7-11(20)8-16(12)25-15)27(26-10)17-4-2-3-14-18(17)23-9-22-14/h2-9H,1H3,(H,22,23). The first kappa shape index (κ1) is 15.6. The van der Waals surface area contributed by atoms with Gasteiger partial charge in [-0.1, -0.05) is 6.07 Å². The number of hydrogen-bond donors (Lipinski definition) is 1. The second-order valence-corrected chi connectivity index (χ2v) is 6.12. The first-order chi connectivity index (χ1) is 13.1. The molecule has 0 aliphatic rings. The van der Waals surface area contributed by atoms with Crippen molar-refractivity contribution in [2.75, 3.05) is 0 Å². The third kappa shape index (κ3) is 2.45. The maximum Gasteiger partial charge on any atom is 0.181 e. The first-order valence-corrected chi connectivity index (χ1v) is 8.22. The number of H-pyrrole nitrogens is 1. The molecule has 0 aliphatic carbocycles.